The third-order valence-corrected chi connectivity index (χ3v) is 4.93. The average Bonchev–Trinajstić information content (AvgIpc) is 2.47. The van der Waals surface area contributed by atoms with Crippen molar-refractivity contribution in [1.82, 2.24) is 0 Å². The van der Waals surface area contributed by atoms with Gasteiger partial charge >= 0.3 is 0 Å². The molecule has 0 saturated heterocycles. The quantitative estimate of drug-likeness (QED) is 0.843. The molecule has 0 aliphatic carbocycles. The summed E-state index contributed by atoms with van der Waals surface area (Å²) in [5.41, 5.74) is 1.05. The Morgan fingerprint density at radius 1 is 1.13 bits per heavy atom. The normalized spacial score (nSPS) is 12.5. The standard InChI is InChI=1S/C16H17BrN2O3S/c1-12(16(20)18-14-8-6-7-13(17)11-14)19(23(2,21)22)15-9-4-3-5-10-15/h3-12H,1-2H3,(H,18,20)/t12-/m0/s1. The van der Waals surface area contributed by atoms with E-state index in [-0.39, 0.29) is 0 Å². The van der Waals surface area contributed by atoms with Gasteiger partial charge < -0.3 is 5.32 Å². The Bertz CT molecular complexity index is 794. The highest BCUT2D eigenvalue weighted by atomic mass is 79.9. The first-order valence-corrected chi connectivity index (χ1v) is 9.54. The first-order valence-electron chi connectivity index (χ1n) is 6.90. The van der Waals surface area contributed by atoms with Gasteiger partial charge in [-0.3, -0.25) is 9.10 Å². The van der Waals surface area contributed by atoms with Crippen molar-refractivity contribution < 1.29 is 13.2 Å². The second-order valence-corrected chi connectivity index (χ2v) is 7.85. The molecular formula is C16H17BrN2O3S. The first-order chi connectivity index (χ1) is 10.8. The van der Waals surface area contributed by atoms with Crippen LogP contribution in [-0.4, -0.2) is 26.6 Å². The molecular weight excluding hydrogens is 380 g/mol. The maximum atomic E-state index is 12.5. The molecule has 0 saturated carbocycles. The predicted octanol–water partition coefficient (Wildman–Crippen LogP) is 3.24. The first kappa shape index (κ1) is 17.5. The fraction of sp³-hybridized carbons (Fsp3) is 0.188. The van der Waals surface area contributed by atoms with Gasteiger partial charge in [-0.2, -0.15) is 0 Å². The molecule has 1 N–H and O–H groups in total. The number of benzene rings is 2. The molecule has 0 fully saturated rings. The van der Waals surface area contributed by atoms with E-state index in [2.05, 4.69) is 21.2 Å². The largest absolute Gasteiger partial charge is 0.324 e. The number of nitrogens with zero attached hydrogens (tertiary/aromatic N) is 1. The van der Waals surface area contributed by atoms with E-state index < -0.39 is 22.0 Å². The lowest BCUT2D eigenvalue weighted by molar-refractivity contribution is -0.116. The number of anilines is 2. The molecule has 0 radical (unpaired) electrons. The molecule has 0 heterocycles. The minimum absolute atomic E-state index is 0.405. The molecule has 122 valence electrons. The van der Waals surface area contributed by atoms with E-state index in [1.54, 1.807) is 55.5 Å². The van der Waals surface area contributed by atoms with E-state index in [4.69, 9.17) is 0 Å². The van der Waals surface area contributed by atoms with Crippen LogP contribution in [0.25, 0.3) is 0 Å². The number of nitrogens with one attached hydrogen (secondary N) is 1. The molecule has 0 aliphatic rings. The van der Waals surface area contributed by atoms with Gasteiger partial charge in [0.25, 0.3) is 0 Å². The average molecular weight is 397 g/mol. The van der Waals surface area contributed by atoms with Crippen LogP contribution in [0.3, 0.4) is 0 Å². The van der Waals surface area contributed by atoms with Crippen LogP contribution in [-0.2, 0) is 14.8 Å². The maximum Gasteiger partial charge on any atom is 0.247 e. The lowest BCUT2D eigenvalue weighted by Gasteiger charge is -2.28. The minimum atomic E-state index is -3.60. The molecule has 2 rings (SSSR count). The van der Waals surface area contributed by atoms with Crippen molar-refractivity contribution in [3.05, 3.63) is 59.1 Å². The zero-order valence-electron chi connectivity index (χ0n) is 12.7. The summed E-state index contributed by atoms with van der Waals surface area (Å²) in [4.78, 5) is 12.5. The Morgan fingerprint density at radius 3 is 2.35 bits per heavy atom. The molecule has 0 bridgehead atoms. The Balaban J connectivity index is 2.27. The van der Waals surface area contributed by atoms with E-state index in [1.165, 1.54) is 0 Å². The molecule has 0 aliphatic heterocycles. The molecule has 23 heavy (non-hydrogen) atoms. The van der Waals surface area contributed by atoms with Crippen molar-refractivity contribution in [2.75, 3.05) is 15.9 Å². The zero-order chi connectivity index (χ0) is 17.0. The molecule has 1 amide bonds. The van der Waals surface area contributed by atoms with Crippen LogP contribution in [0, 0.1) is 0 Å². The number of hydrogen-bond donors (Lipinski definition) is 1. The Kier molecular flexibility index (Phi) is 5.43. The van der Waals surface area contributed by atoms with Gasteiger partial charge in [-0.25, -0.2) is 8.42 Å². The summed E-state index contributed by atoms with van der Waals surface area (Å²) >= 11 is 3.33. The molecule has 0 unspecified atom stereocenters. The minimum Gasteiger partial charge on any atom is -0.324 e. The van der Waals surface area contributed by atoms with Crippen LogP contribution in [0.4, 0.5) is 11.4 Å². The van der Waals surface area contributed by atoms with Crippen molar-refractivity contribution >= 4 is 43.2 Å². The third-order valence-electron chi connectivity index (χ3n) is 3.19. The summed E-state index contributed by atoms with van der Waals surface area (Å²) in [6.07, 6.45) is 1.09. The number of carbonyl (C=O) groups excluding carboxylic acids is 1. The van der Waals surface area contributed by atoms with Gasteiger partial charge in [-0.15, -0.1) is 0 Å². The molecule has 0 spiro atoms. The summed E-state index contributed by atoms with van der Waals surface area (Å²) < 4.78 is 26.2. The summed E-state index contributed by atoms with van der Waals surface area (Å²) in [5.74, 6) is -0.405. The fourth-order valence-corrected chi connectivity index (χ4v) is 3.77. The number of rotatable bonds is 5. The van der Waals surface area contributed by atoms with E-state index in [1.807, 2.05) is 6.07 Å². The van der Waals surface area contributed by atoms with Crippen LogP contribution in [0.2, 0.25) is 0 Å². The molecule has 0 aromatic heterocycles. The van der Waals surface area contributed by atoms with E-state index in [9.17, 15) is 13.2 Å². The zero-order valence-corrected chi connectivity index (χ0v) is 15.1. The van der Waals surface area contributed by atoms with Crippen LogP contribution >= 0.6 is 15.9 Å². The monoisotopic (exact) mass is 396 g/mol. The smallest absolute Gasteiger partial charge is 0.247 e. The van der Waals surface area contributed by atoms with Gasteiger partial charge in [-0.05, 0) is 37.3 Å². The Morgan fingerprint density at radius 2 is 1.78 bits per heavy atom. The molecule has 2 aromatic rings. The van der Waals surface area contributed by atoms with Crippen molar-refractivity contribution in [2.45, 2.75) is 13.0 Å². The highest BCUT2D eigenvalue weighted by Gasteiger charge is 2.28. The number of sulfonamides is 1. The lowest BCUT2D eigenvalue weighted by atomic mass is 10.2. The van der Waals surface area contributed by atoms with Crippen molar-refractivity contribution in [3.8, 4) is 0 Å². The second-order valence-electron chi connectivity index (χ2n) is 5.07. The number of carbonyl (C=O) groups is 1. The van der Waals surface area contributed by atoms with Gasteiger partial charge in [0.1, 0.15) is 6.04 Å². The van der Waals surface area contributed by atoms with Crippen molar-refractivity contribution in [3.63, 3.8) is 0 Å². The van der Waals surface area contributed by atoms with Gasteiger partial charge in [0.15, 0.2) is 0 Å². The lowest BCUT2D eigenvalue weighted by Crippen LogP contribution is -2.45. The SMILES string of the molecule is C[C@@H](C(=O)Nc1cccc(Br)c1)N(c1ccccc1)S(C)(=O)=O. The van der Waals surface area contributed by atoms with Crippen LogP contribution in [0.5, 0.6) is 0 Å². The van der Waals surface area contributed by atoms with Crippen molar-refractivity contribution in [2.24, 2.45) is 0 Å². The van der Waals surface area contributed by atoms with Gasteiger partial charge in [0.2, 0.25) is 15.9 Å². The summed E-state index contributed by atoms with van der Waals surface area (Å²) in [5, 5.41) is 2.73. The number of para-hydroxylation sites is 1. The third kappa shape index (κ3) is 4.56. The summed E-state index contributed by atoms with van der Waals surface area (Å²) in [6, 6.07) is 14.8. The van der Waals surface area contributed by atoms with Gasteiger partial charge in [0.05, 0.1) is 11.9 Å². The highest BCUT2D eigenvalue weighted by Crippen LogP contribution is 2.22. The van der Waals surface area contributed by atoms with Crippen molar-refractivity contribution in [1.29, 1.82) is 0 Å². The molecule has 5 nitrogen and oxygen atoms in total. The van der Waals surface area contributed by atoms with Gasteiger partial charge in [0, 0.05) is 10.2 Å². The van der Waals surface area contributed by atoms with E-state index >= 15 is 0 Å². The number of halogens is 1. The summed E-state index contributed by atoms with van der Waals surface area (Å²) in [6.45, 7) is 1.56. The summed E-state index contributed by atoms with van der Waals surface area (Å²) in [7, 11) is -3.60. The van der Waals surface area contributed by atoms with Crippen LogP contribution in [0.15, 0.2) is 59.1 Å². The second kappa shape index (κ2) is 7.14. The highest BCUT2D eigenvalue weighted by molar-refractivity contribution is 9.10. The topological polar surface area (TPSA) is 66.5 Å². The Labute approximate surface area is 144 Å². The van der Waals surface area contributed by atoms with Crippen LogP contribution < -0.4 is 9.62 Å². The molecule has 1 atom stereocenters. The van der Waals surface area contributed by atoms with E-state index in [0.29, 0.717) is 11.4 Å². The van der Waals surface area contributed by atoms with Gasteiger partial charge in [-0.1, -0.05) is 40.2 Å². The fourth-order valence-electron chi connectivity index (χ4n) is 2.20. The Hall–Kier alpha value is -1.86. The number of hydrogen-bond acceptors (Lipinski definition) is 3. The van der Waals surface area contributed by atoms with E-state index in [0.717, 1.165) is 15.0 Å². The predicted molar refractivity (Wildman–Crippen MR) is 96.0 cm³/mol. The molecule has 7 heteroatoms. The maximum absolute atomic E-state index is 12.5. The van der Waals surface area contributed by atoms with Crippen LogP contribution in [0.1, 0.15) is 6.92 Å². The molecule has 2 aromatic carbocycles. The number of amides is 1.